The van der Waals surface area contributed by atoms with E-state index >= 15 is 0 Å². The molecule has 5 heteroatoms. The predicted molar refractivity (Wildman–Crippen MR) is 90.0 cm³/mol. The van der Waals surface area contributed by atoms with E-state index in [1.54, 1.807) is 11.3 Å². The quantitative estimate of drug-likeness (QED) is 0.885. The summed E-state index contributed by atoms with van der Waals surface area (Å²) in [5.41, 5.74) is 1.13. The van der Waals surface area contributed by atoms with Gasteiger partial charge in [0.1, 0.15) is 0 Å². The minimum absolute atomic E-state index is 0.0707. The molecule has 112 valence electrons. The van der Waals surface area contributed by atoms with Gasteiger partial charge in [-0.1, -0.05) is 23.7 Å². The van der Waals surface area contributed by atoms with Crippen LogP contribution >= 0.6 is 22.9 Å². The van der Waals surface area contributed by atoms with E-state index < -0.39 is 0 Å². The first-order valence-electron chi connectivity index (χ1n) is 6.80. The highest BCUT2D eigenvalue weighted by molar-refractivity contribution is 7.15. The molecule has 3 nitrogen and oxygen atoms in total. The first kappa shape index (κ1) is 16.0. The first-order valence-corrected chi connectivity index (χ1v) is 8.00. The third-order valence-electron chi connectivity index (χ3n) is 3.01. The number of thiophene rings is 1. The number of hydrogen-bond acceptors (Lipinski definition) is 3. The fraction of sp³-hybridized carbons (Fsp3) is 0.312. The third-order valence-corrected chi connectivity index (χ3v) is 4.39. The standard InChI is InChI=1S/C16H19ClN2OS/c1-19(2)10-9-18-16(20)11-14-7-8-15(21-14)12-3-5-13(17)6-4-12/h3-8H,9-11H2,1-2H3,(H,18,20). The topological polar surface area (TPSA) is 32.3 Å². The molecule has 0 atom stereocenters. The van der Waals surface area contributed by atoms with Crippen LogP contribution in [-0.4, -0.2) is 38.0 Å². The van der Waals surface area contributed by atoms with E-state index in [0.29, 0.717) is 13.0 Å². The summed E-state index contributed by atoms with van der Waals surface area (Å²) in [4.78, 5) is 16.1. The summed E-state index contributed by atoms with van der Waals surface area (Å²) in [5.74, 6) is 0.0707. The van der Waals surface area contributed by atoms with Gasteiger partial charge in [-0.2, -0.15) is 0 Å². The number of halogens is 1. The molecule has 0 aliphatic carbocycles. The molecule has 21 heavy (non-hydrogen) atoms. The molecule has 1 aromatic heterocycles. The predicted octanol–water partition coefficient (Wildman–Crippen LogP) is 3.29. The largest absolute Gasteiger partial charge is 0.355 e. The van der Waals surface area contributed by atoms with Gasteiger partial charge in [-0.05, 0) is 43.9 Å². The van der Waals surface area contributed by atoms with Crippen LogP contribution in [0.2, 0.25) is 5.02 Å². The molecule has 1 N–H and O–H groups in total. The lowest BCUT2D eigenvalue weighted by molar-refractivity contribution is -0.120. The number of rotatable bonds is 6. The van der Waals surface area contributed by atoms with Gasteiger partial charge in [0, 0.05) is 27.9 Å². The Morgan fingerprint density at radius 3 is 2.57 bits per heavy atom. The van der Waals surface area contributed by atoms with Crippen LogP contribution in [-0.2, 0) is 11.2 Å². The number of amides is 1. The average molecular weight is 323 g/mol. The molecule has 0 bridgehead atoms. The lowest BCUT2D eigenvalue weighted by Gasteiger charge is -2.09. The second-order valence-electron chi connectivity index (χ2n) is 5.10. The van der Waals surface area contributed by atoms with Gasteiger partial charge < -0.3 is 10.2 Å². The van der Waals surface area contributed by atoms with Crippen molar-refractivity contribution in [2.45, 2.75) is 6.42 Å². The van der Waals surface area contributed by atoms with Gasteiger partial charge in [-0.25, -0.2) is 0 Å². The summed E-state index contributed by atoms with van der Waals surface area (Å²) < 4.78 is 0. The third kappa shape index (κ3) is 5.16. The molecule has 2 aromatic rings. The Labute approximate surface area is 134 Å². The molecule has 0 aliphatic heterocycles. The van der Waals surface area contributed by atoms with E-state index in [-0.39, 0.29) is 5.91 Å². The van der Waals surface area contributed by atoms with Crippen molar-refractivity contribution in [1.82, 2.24) is 10.2 Å². The molecule has 0 aliphatic rings. The molecule has 0 radical (unpaired) electrons. The van der Waals surface area contributed by atoms with Crippen molar-refractivity contribution in [3.05, 3.63) is 46.3 Å². The second-order valence-corrected chi connectivity index (χ2v) is 6.71. The summed E-state index contributed by atoms with van der Waals surface area (Å²) >= 11 is 7.54. The Hall–Kier alpha value is -1.36. The molecule has 0 fully saturated rings. The lowest BCUT2D eigenvalue weighted by atomic mass is 10.2. The first-order chi connectivity index (χ1) is 10.0. The fourth-order valence-electron chi connectivity index (χ4n) is 1.88. The maximum atomic E-state index is 11.8. The van der Waals surface area contributed by atoms with Crippen LogP contribution in [0, 0.1) is 0 Å². The number of hydrogen-bond donors (Lipinski definition) is 1. The molecule has 0 spiro atoms. The number of carbonyl (C=O) groups is 1. The summed E-state index contributed by atoms with van der Waals surface area (Å²) in [5, 5.41) is 3.66. The lowest BCUT2D eigenvalue weighted by Crippen LogP contribution is -2.32. The van der Waals surface area contributed by atoms with E-state index in [4.69, 9.17) is 11.6 Å². The van der Waals surface area contributed by atoms with Crippen LogP contribution in [0.1, 0.15) is 4.88 Å². The van der Waals surface area contributed by atoms with Crippen LogP contribution < -0.4 is 5.32 Å². The van der Waals surface area contributed by atoms with Crippen LogP contribution in [0.25, 0.3) is 10.4 Å². The Morgan fingerprint density at radius 1 is 1.19 bits per heavy atom. The summed E-state index contributed by atoms with van der Waals surface area (Å²) in [6.07, 6.45) is 0.436. The van der Waals surface area contributed by atoms with Gasteiger partial charge in [0.2, 0.25) is 5.91 Å². The maximum Gasteiger partial charge on any atom is 0.225 e. The highest BCUT2D eigenvalue weighted by Crippen LogP contribution is 2.29. The Morgan fingerprint density at radius 2 is 1.90 bits per heavy atom. The molecule has 1 amide bonds. The van der Waals surface area contributed by atoms with Crippen molar-refractivity contribution in [1.29, 1.82) is 0 Å². The van der Waals surface area contributed by atoms with Gasteiger partial charge >= 0.3 is 0 Å². The molecular weight excluding hydrogens is 304 g/mol. The zero-order valence-corrected chi connectivity index (χ0v) is 13.8. The van der Waals surface area contributed by atoms with E-state index in [2.05, 4.69) is 11.4 Å². The van der Waals surface area contributed by atoms with Crippen LogP contribution in [0.15, 0.2) is 36.4 Å². The Kier molecular flexibility index (Phi) is 5.79. The average Bonchev–Trinajstić information content (AvgIpc) is 2.87. The summed E-state index contributed by atoms with van der Waals surface area (Å²) in [6, 6.07) is 11.8. The van der Waals surface area contributed by atoms with Crippen molar-refractivity contribution in [2.75, 3.05) is 27.2 Å². The maximum absolute atomic E-state index is 11.8. The van der Waals surface area contributed by atoms with E-state index in [0.717, 1.165) is 26.9 Å². The molecule has 2 rings (SSSR count). The van der Waals surface area contributed by atoms with E-state index in [9.17, 15) is 4.79 Å². The molecule has 1 aromatic carbocycles. The van der Waals surface area contributed by atoms with Gasteiger partial charge in [0.25, 0.3) is 0 Å². The van der Waals surface area contributed by atoms with Crippen molar-refractivity contribution < 1.29 is 4.79 Å². The summed E-state index contributed by atoms with van der Waals surface area (Å²) in [6.45, 7) is 1.54. The number of nitrogens with zero attached hydrogens (tertiary/aromatic N) is 1. The summed E-state index contributed by atoms with van der Waals surface area (Å²) in [7, 11) is 3.98. The smallest absolute Gasteiger partial charge is 0.225 e. The normalized spacial score (nSPS) is 10.9. The van der Waals surface area contributed by atoms with Gasteiger partial charge in [0.15, 0.2) is 0 Å². The molecule has 1 heterocycles. The van der Waals surface area contributed by atoms with Crippen LogP contribution in [0.3, 0.4) is 0 Å². The molecular formula is C16H19ClN2OS. The zero-order valence-electron chi connectivity index (χ0n) is 12.2. The molecule has 0 saturated carbocycles. The second kappa shape index (κ2) is 7.59. The fourth-order valence-corrected chi connectivity index (χ4v) is 3.02. The Balaban J connectivity index is 1.91. The van der Waals surface area contributed by atoms with Gasteiger partial charge in [-0.3, -0.25) is 4.79 Å². The SMILES string of the molecule is CN(C)CCNC(=O)Cc1ccc(-c2ccc(Cl)cc2)s1. The van der Waals surface area contributed by atoms with Gasteiger partial charge in [-0.15, -0.1) is 11.3 Å². The van der Waals surface area contributed by atoms with Crippen LogP contribution in [0.4, 0.5) is 0 Å². The molecule has 0 saturated heterocycles. The minimum Gasteiger partial charge on any atom is -0.355 e. The Bertz CT molecular complexity index is 593. The number of likely N-dealkylation sites (N-methyl/N-ethyl adjacent to an activating group) is 1. The van der Waals surface area contributed by atoms with Crippen LogP contribution in [0.5, 0.6) is 0 Å². The molecule has 0 unspecified atom stereocenters. The number of benzene rings is 1. The monoisotopic (exact) mass is 322 g/mol. The van der Waals surface area contributed by atoms with E-state index in [1.165, 1.54) is 0 Å². The zero-order chi connectivity index (χ0) is 15.2. The highest BCUT2D eigenvalue weighted by Gasteiger charge is 2.07. The van der Waals surface area contributed by atoms with E-state index in [1.807, 2.05) is 49.3 Å². The van der Waals surface area contributed by atoms with Crippen molar-refractivity contribution in [3.8, 4) is 10.4 Å². The van der Waals surface area contributed by atoms with Crippen molar-refractivity contribution in [3.63, 3.8) is 0 Å². The number of nitrogens with one attached hydrogen (secondary N) is 1. The van der Waals surface area contributed by atoms with Crippen molar-refractivity contribution >= 4 is 28.8 Å². The van der Waals surface area contributed by atoms with Gasteiger partial charge in [0.05, 0.1) is 6.42 Å². The highest BCUT2D eigenvalue weighted by atomic mass is 35.5. The van der Waals surface area contributed by atoms with Crippen molar-refractivity contribution in [2.24, 2.45) is 0 Å². The minimum atomic E-state index is 0.0707. The number of carbonyl (C=O) groups excluding carboxylic acids is 1.